The van der Waals surface area contributed by atoms with E-state index < -0.39 is 0 Å². The summed E-state index contributed by atoms with van der Waals surface area (Å²) in [4.78, 5) is 5.03. The van der Waals surface area contributed by atoms with E-state index in [1.54, 1.807) is 0 Å². The van der Waals surface area contributed by atoms with Gasteiger partial charge in [0.15, 0.2) is 0 Å². The molecule has 1 N–H and O–H groups in total. The van der Waals surface area contributed by atoms with Crippen molar-refractivity contribution >= 4 is 5.69 Å². The van der Waals surface area contributed by atoms with E-state index in [1.807, 2.05) is 0 Å². The van der Waals surface area contributed by atoms with Gasteiger partial charge in [0.1, 0.15) is 0 Å². The predicted octanol–water partition coefficient (Wildman–Crippen LogP) is 2.57. The molecule has 1 fully saturated rings. The number of anilines is 1. The highest BCUT2D eigenvalue weighted by atomic mass is 15.2. The predicted molar refractivity (Wildman–Crippen MR) is 85.2 cm³/mol. The van der Waals surface area contributed by atoms with Gasteiger partial charge in [-0.25, -0.2) is 0 Å². The van der Waals surface area contributed by atoms with Gasteiger partial charge in [-0.3, -0.25) is 4.90 Å². The number of likely N-dealkylation sites (tertiary alicyclic amines) is 1. The number of fused-ring (bicyclic) bond motifs is 1. The summed E-state index contributed by atoms with van der Waals surface area (Å²) in [6.45, 7) is 4.69. The summed E-state index contributed by atoms with van der Waals surface area (Å²) in [7, 11) is 4.43. The normalized spacial score (nSPS) is 23.4. The molecule has 0 spiro atoms. The summed E-state index contributed by atoms with van der Waals surface area (Å²) in [5, 5.41) is 3.57. The van der Waals surface area contributed by atoms with Crippen LogP contribution in [0.2, 0.25) is 0 Å². The Morgan fingerprint density at radius 1 is 1.25 bits per heavy atom. The van der Waals surface area contributed by atoms with Gasteiger partial charge in [0.05, 0.1) is 0 Å². The molecule has 2 heterocycles. The van der Waals surface area contributed by atoms with Crippen LogP contribution in [0, 0.1) is 0 Å². The molecule has 3 heteroatoms. The highest BCUT2D eigenvalue weighted by Crippen LogP contribution is 2.28. The van der Waals surface area contributed by atoms with Crippen LogP contribution in [-0.2, 0) is 13.0 Å². The van der Waals surface area contributed by atoms with Crippen LogP contribution in [-0.4, -0.2) is 49.6 Å². The van der Waals surface area contributed by atoms with Crippen LogP contribution in [0.4, 0.5) is 5.69 Å². The van der Waals surface area contributed by atoms with Crippen molar-refractivity contribution in [3.05, 3.63) is 29.3 Å². The number of nitrogens with one attached hydrogen (secondary N) is 1. The molecule has 3 rings (SSSR count). The Bertz CT molecular complexity index is 456. The van der Waals surface area contributed by atoms with Crippen LogP contribution in [0.5, 0.6) is 0 Å². The third-order valence-electron chi connectivity index (χ3n) is 4.85. The highest BCUT2D eigenvalue weighted by Gasteiger charge is 2.20. The Hall–Kier alpha value is -1.06. The quantitative estimate of drug-likeness (QED) is 0.913. The molecule has 1 atom stereocenters. The number of nitrogens with zero attached hydrogens (tertiary/aromatic N) is 2. The molecule has 0 amide bonds. The number of benzene rings is 1. The van der Waals surface area contributed by atoms with Crippen molar-refractivity contribution < 1.29 is 0 Å². The molecule has 20 heavy (non-hydrogen) atoms. The van der Waals surface area contributed by atoms with Gasteiger partial charge in [-0.1, -0.05) is 18.2 Å². The first-order chi connectivity index (χ1) is 9.74. The van der Waals surface area contributed by atoms with Gasteiger partial charge in [0, 0.05) is 24.8 Å². The minimum Gasteiger partial charge on any atom is -0.384 e. The highest BCUT2D eigenvalue weighted by molar-refractivity contribution is 5.61. The van der Waals surface area contributed by atoms with E-state index in [9.17, 15) is 0 Å². The van der Waals surface area contributed by atoms with Gasteiger partial charge in [-0.2, -0.15) is 0 Å². The maximum absolute atomic E-state index is 3.57. The number of hydrogen-bond acceptors (Lipinski definition) is 3. The Kier molecular flexibility index (Phi) is 4.27. The molecule has 0 radical (unpaired) electrons. The minimum atomic E-state index is 0.764. The molecule has 1 unspecified atom stereocenters. The standard InChI is InChI=1S/C17H27N3/c1-19(2)16-7-4-11-20(12-9-16)13-15-6-3-5-14-8-10-18-17(14)15/h3,5-6,16,18H,4,7-13H2,1-2H3. The molecule has 0 aliphatic carbocycles. The summed E-state index contributed by atoms with van der Waals surface area (Å²) in [5.41, 5.74) is 4.41. The minimum absolute atomic E-state index is 0.764. The average Bonchev–Trinajstić information content (AvgIpc) is 2.79. The second-order valence-electron chi connectivity index (χ2n) is 6.45. The van der Waals surface area contributed by atoms with Crippen molar-refractivity contribution in [1.82, 2.24) is 9.80 Å². The SMILES string of the molecule is CN(C)C1CCCN(Cc2cccc3c2NCC3)CC1. The molecule has 0 aromatic heterocycles. The number of para-hydroxylation sites is 1. The van der Waals surface area contributed by atoms with Gasteiger partial charge in [0.25, 0.3) is 0 Å². The van der Waals surface area contributed by atoms with Gasteiger partial charge in [-0.15, -0.1) is 0 Å². The van der Waals surface area contributed by atoms with Crippen molar-refractivity contribution in [1.29, 1.82) is 0 Å². The zero-order valence-corrected chi connectivity index (χ0v) is 12.9. The molecular weight excluding hydrogens is 246 g/mol. The Morgan fingerprint density at radius 3 is 3.00 bits per heavy atom. The average molecular weight is 273 g/mol. The second-order valence-corrected chi connectivity index (χ2v) is 6.45. The van der Waals surface area contributed by atoms with Crippen molar-refractivity contribution in [3.63, 3.8) is 0 Å². The molecule has 110 valence electrons. The first-order valence-electron chi connectivity index (χ1n) is 7.97. The van der Waals surface area contributed by atoms with E-state index in [-0.39, 0.29) is 0 Å². The molecular formula is C17H27N3. The summed E-state index contributed by atoms with van der Waals surface area (Å²) >= 11 is 0. The number of hydrogen-bond donors (Lipinski definition) is 1. The van der Waals surface area contributed by atoms with Crippen molar-refractivity contribution in [3.8, 4) is 0 Å². The van der Waals surface area contributed by atoms with E-state index in [0.29, 0.717) is 0 Å². The zero-order chi connectivity index (χ0) is 13.9. The van der Waals surface area contributed by atoms with Crippen LogP contribution < -0.4 is 5.32 Å². The second kappa shape index (κ2) is 6.15. The largest absolute Gasteiger partial charge is 0.384 e. The van der Waals surface area contributed by atoms with Crippen LogP contribution in [0.3, 0.4) is 0 Å². The van der Waals surface area contributed by atoms with E-state index in [4.69, 9.17) is 0 Å². The van der Waals surface area contributed by atoms with Crippen molar-refractivity contribution in [2.45, 2.75) is 38.3 Å². The molecule has 3 nitrogen and oxygen atoms in total. The Balaban J connectivity index is 1.65. The lowest BCUT2D eigenvalue weighted by molar-refractivity contribution is 0.245. The van der Waals surface area contributed by atoms with E-state index >= 15 is 0 Å². The maximum atomic E-state index is 3.57. The Morgan fingerprint density at radius 2 is 2.15 bits per heavy atom. The van der Waals surface area contributed by atoms with Gasteiger partial charge in [0.2, 0.25) is 0 Å². The van der Waals surface area contributed by atoms with Gasteiger partial charge < -0.3 is 10.2 Å². The topological polar surface area (TPSA) is 18.5 Å². The summed E-state index contributed by atoms with van der Waals surface area (Å²) in [5.74, 6) is 0. The fourth-order valence-corrected chi connectivity index (χ4v) is 3.60. The fourth-order valence-electron chi connectivity index (χ4n) is 3.60. The summed E-state index contributed by atoms with van der Waals surface area (Å²) in [6.07, 6.45) is 5.15. The van der Waals surface area contributed by atoms with Crippen LogP contribution >= 0.6 is 0 Å². The Labute approximate surface area is 123 Å². The molecule has 1 aromatic rings. The summed E-state index contributed by atoms with van der Waals surface area (Å²) < 4.78 is 0. The lowest BCUT2D eigenvalue weighted by Crippen LogP contribution is -2.30. The van der Waals surface area contributed by atoms with E-state index in [0.717, 1.165) is 19.1 Å². The lowest BCUT2D eigenvalue weighted by Gasteiger charge is -2.24. The van der Waals surface area contributed by atoms with Crippen molar-refractivity contribution in [2.75, 3.05) is 39.0 Å². The molecule has 1 aromatic carbocycles. The number of rotatable bonds is 3. The molecule has 0 bridgehead atoms. The molecule has 0 saturated carbocycles. The zero-order valence-electron chi connectivity index (χ0n) is 12.9. The maximum Gasteiger partial charge on any atom is 0.0419 e. The molecule has 1 saturated heterocycles. The van der Waals surface area contributed by atoms with E-state index in [1.165, 1.54) is 55.6 Å². The first kappa shape index (κ1) is 13.9. The molecule has 2 aliphatic rings. The fraction of sp³-hybridized carbons (Fsp3) is 0.647. The van der Waals surface area contributed by atoms with Crippen LogP contribution in [0.15, 0.2) is 18.2 Å². The van der Waals surface area contributed by atoms with E-state index in [2.05, 4.69) is 47.4 Å². The van der Waals surface area contributed by atoms with Crippen LogP contribution in [0.25, 0.3) is 0 Å². The van der Waals surface area contributed by atoms with Crippen LogP contribution in [0.1, 0.15) is 30.4 Å². The third kappa shape index (κ3) is 2.99. The van der Waals surface area contributed by atoms with Gasteiger partial charge >= 0.3 is 0 Å². The lowest BCUT2D eigenvalue weighted by atomic mass is 10.1. The monoisotopic (exact) mass is 273 g/mol. The molecule has 2 aliphatic heterocycles. The summed E-state index contributed by atoms with van der Waals surface area (Å²) in [6, 6.07) is 7.55. The van der Waals surface area contributed by atoms with Gasteiger partial charge in [-0.05, 0) is 64.0 Å². The smallest absolute Gasteiger partial charge is 0.0419 e. The third-order valence-corrected chi connectivity index (χ3v) is 4.85. The van der Waals surface area contributed by atoms with Crippen molar-refractivity contribution in [2.24, 2.45) is 0 Å². The first-order valence-corrected chi connectivity index (χ1v) is 7.97.